The minimum atomic E-state index is 0.709. The number of rotatable bonds is 5. The standard InChI is InChI=1S/C16H21N3S/c1-19(2)16(17-11-10-15-9-6-12-20-15)18-13-14-7-4-3-5-8-14/h3-9,12H,10-11,13H2,1-2H3,(H,17,18). The third-order valence-electron chi connectivity index (χ3n) is 2.91. The maximum atomic E-state index is 4.65. The molecule has 0 bridgehead atoms. The summed E-state index contributed by atoms with van der Waals surface area (Å²) in [6, 6.07) is 14.6. The van der Waals surface area contributed by atoms with Crippen molar-refractivity contribution in [3.8, 4) is 0 Å². The molecule has 20 heavy (non-hydrogen) atoms. The van der Waals surface area contributed by atoms with Gasteiger partial charge in [-0.3, -0.25) is 0 Å². The monoisotopic (exact) mass is 287 g/mol. The van der Waals surface area contributed by atoms with Crippen molar-refractivity contribution in [2.24, 2.45) is 4.99 Å². The van der Waals surface area contributed by atoms with Gasteiger partial charge in [0.1, 0.15) is 0 Å². The molecule has 0 amide bonds. The predicted octanol–water partition coefficient (Wildman–Crippen LogP) is 3.00. The molecule has 106 valence electrons. The van der Waals surface area contributed by atoms with Gasteiger partial charge in [0.25, 0.3) is 0 Å². The maximum absolute atomic E-state index is 4.65. The van der Waals surface area contributed by atoms with E-state index >= 15 is 0 Å². The van der Waals surface area contributed by atoms with Crippen LogP contribution in [0.25, 0.3) is 0 Å². The second-order valence-corrected chi connectivity index (χ2v) is 5.81. The van der Waals surface area contributed by atoms with Gasteiger partial charge in [-0.25, -0.2) is 4.99 Å². The fraction of sp³-hybridized carbons (Fsp3) is 0.312. The van der Waals surface area contributed by atoms with Crippen molar-refractivity contribution in [3.05, 3.63) is 58.3 Å². The van der Waals surface area contributed by atoms with Gasteiger partial charge < -0.3 is 10.2 Å². The molecule has 2 aromatic rings. The predicted molar refractivity (Wildman–Crippen MR) is 87.3 cm³/mol. The molecule has 0 saturated carbocycles. The van der Waals surface area contributed by atoms with Gasteiger partial charge in [0.2, 0.25) is 0 Å². The Morgan fingerprint density at radius 1 is 1.15 bits per heavy atom. The van der Waals surface area contributed by atoms with Crippen LogP contribution in [0.4, 0.5) is 0 Å². The van der Waals surface area contributed by atoms with Crippen LogP contribution in [0.1, 0.15) is 10.4 Å². The first-order chi connectivity index (χ1) is 9.75. The van der Waals surface area contributed by atoms with Crippen molar-refractivity contribution >= 4 is 17.3 Å². The molecule has 0 atom stereocenters. The van der Waals surface area contributed by atoms with Crippen LogP contribution in [0.2, 0.25) is 0 Å². The van der Waals surface area contributed by atoms with Crippen LogP contribution in [0.15, 0.2) is 52.8 Å². The summed E-state index contributed by atoms with van der Waals surface area (Å²) in [4.78, 5) is 8.07. The van der Waals surface area contributed by atoms with Crippen molar-refractivity contribution in [2.75, 3.05) is 20.6 Å². The lowest BCUT2D eigenvalue weighted by Gasteiger charge is -2.17. The molecule has 3 nitrogen and oxygen atoms in total. The number of hydrogen-bond donors (Lipinski definition) is 1. The molecular formula is C16H21N3S. The van der Waals surface area contributed by atoms with Gasteiger partial charge in [0.15, 0.2) is 5.96 Å². The van der Waals surface area contributed by atoms with E-state index in [9.17, 15) is 0 Å². The highest BCUT2D eigenvalue weighted by atomic mass is 32.1. The second kappa shape index (κ2) is 7.70. The van der Waals surface area contributed by atoms with Crippen molar-refractivity contribution in [3.63, 3.8) is 0 Å². The Labute approximate surface area is 125 Å². The first kappa shape index (κ1) is 14.6. The SMILES string of the molecule is CN(C)C(=NCc1ccccc1)NCCc1cccs1. The summed E-state index contributed by atoms with van der Waals surface area (Å²) in [5.74, 6) is 0.936. The highest BCUT2D eigenvalue weighted by Crippen LogP contribution is 2.08. The molecule has 0 radical (unpaired) electrons. The van der Waals surface area contributed by atoms with Crippen molar-refractivity contribution in [1.29, 1.82) is 0 Å². The van der Waals surface area contributed by atoms with E-state index < -0.39 is 0 Å². The first-order valence-electron chi connectivity index (χ1n) is 6.77. The molecule has 1 heterocycles. The van der Waals surface area contributed by atoms with E-state index in [4.69, 9.17) is 0 Å². The van der Waals surface area contributed by atoms with E-state index in [1.165, 1.54) is 10.4 Å². The molecule has 0 aliphatic heterocycles. The minimum Gasteiger partial charge on any atom is -0.356 e. The second-order valence-electron chi connectivity index (χ2n) is 4.78. The third kappa shape index (κ3) is 4.70. The molecule has 0 unspecified atom stereocenters. The molecule has 1 aromatic carbocycles. The van der Waals surface area contributed by atoms with Crippen molar-refractivity contribution < 1.29 is 0 Å². The van der Waals surface area contributed by atoms with Crippen molar-refractivity contribution in [1.82, 2.24) is 10.2 Å². The van der Waals surface area contributed by atoms with Crippen LogP contribution in [-0.4, -0.2) is 31.5 Å². The van der Waals surface area contributed by atoms with Gasteiger partial charge in [-0.05, 0) is 23.4 Å². The zero-order chi connectivity index (χ0) is 14.2. The average molecular weight is 287 g/mol. The molecule has 2 rings (SSSR count). The Hall–Kier alpha value is -1.81. The quantitative estimate of drug-likeness (QED) is 0.676. The summed E-state index contributed by atoms with van der Waals surface area (Å²) in [5.41, 5.74) is 1.23. The summed E-state index contributed by atoms with van der Waals surface area (Å²) in [6.07, 6.45) is 1.04. The van der Waals surface area contributed by atoms with Crippen molar-refractivity contribution in [2.45, 2.75) is 13.0 Å². The topological polar surface area (TPSA) is 27.6 Å². The van der Waals surface area contributed by atoms with Crippen LogP contribution in [-0.2, 0) is 13.0 Å². The van der Waals surface area contributed by atoms with E-state index in [1.54, 1.807) is 11.3 Å². The number of benzene rings is 1. The molecule has 4 heteroatoms. The fourth-order valence-corrected chi connectivity index (χ4v) is 2.57. The van der Waals surface area contributed by atoms with Gasteiger partial charge in [0.05, 0.1) is 6.54 Å². The average Bonchev–Trinajstić information content (AvgIpc) is 2.96. The van der Waals surface area contributed by atoms with E-state index in [0.29, 0.717) is 6.54 Å². The van der Waals surface area contributed by atoms with Gasteiger partial charge in [-0.2, -0.15) is 0 Å². The van der Waals surface area contributed by atoms with E-state index in [0.717, 1.165) is 18.9 Å². The minimum absolute atomic E-state index is 0.709. The van der Waals surface area contributed by atoms with E-state index in [2.05, 4.69) is 40.0 Å². The summed E-state index contributed by atoms with van der Waals surface area (Å²) < 4.78 is 0. The lowest BCUT2D eigenvalue weighted by molar-refractivity contribution is 0.579. The molecule has 1 aromatic heterocycles. The molecule has 1 N–H and O–H groups in total. The van der Waals surface area contributed by atoms with E-state index in [1.807, 2.05) is 37.2 Å². The van der Waals surface area contributed by atoms with Crippen LogP contribution in [0.3, 0.4) is 0 Å². The lowest BCUT2D eigenvalue weighted by Crippen LogP contribution is -2.37. The number of nitrogens with zero attached hydrogens (tertiary/aromatic N) is 2. The van der Waals surface area contributed by atoms with Gasteiger partial charge >= 0.3 is 0 Å². The smallest absolute Gasteiger partial charge is 0.193 e. The molecule has 0 saturated heterocycles. The number of nitrogens with one attached hydrogen (secondary N) is 1. The molecular weight excluding hydrogens is 266 g/mol. The Balaban J connectivity index is 1.86. The largest absolute Gasteiger partial charge is 0.356 e. The lowest BCUT2D eigenvalue weighted by atomic mass is 10.2. The van der Waals surface area contributed by atoms with Gasteiger partial charge in [0, 0.05) is 25.5 Å². The van der Waals surface area contributed by atoms with Crippen LogP contribution < -0.4 is 5.32 Å². The van der Waals surface area contributed by atoms with Crippen LogP contribution in [0.5, 0.6) is 0 Å². The number of thiophene rings is 1. The Morgan fingerprint density at radius 2 is 1.95 bits per heavy atom. The Morgan fingerprint density at radius 3 is 2.60 bits per heavy atom. The first-order valence-corrected chi connectivity index (χ1v) is 7.65. The maximum Gasteiger partial charge on any atom is 0.193 e. The fourth-order valence-electron chi connectivity index (χ4n) is 1.86. The molecule has 0 aliphatic carbocycles. The Kier molecular flexibility index (Phi) is 5.62. The highest BCUT2D eigenvalue weighted by Gasteiger charge is 2.01. The van der Waals surface area contributed by atoms with E-state index in [-0.39, 0.29) is 0 Å². The Bertz CT molecular complexity index is 518. The third-order valence-corrected chi connectivity index (χ3v) is 3.85. The van der Waals surface area contributed by atoms with Gasteiger partial charge in [-0.15, -0.1) is 11.3 Å². The molecule has 0 aliphatic rings. The zero-order valence-electron chi connectivity index (χ0n) is 12.0. The number of aliphatic imine (C=N–C) groups is 1. The highest BCUT2D eigenvalue weighted by molar-refractivity contribution is 7.09. The summed E-state index contributed by atoms with van der Waals surface area (Å²) in [6.45, 7) is 1.62. The summed E-state index contributed by atoms with van der Waals surface area (Å²) in [7, 11) is 4.03. The number of hydrogen-bond acceptors (Lipinski definition) is 2. The zero-order valence-corrected chi connectivity index (χ0v) is 12.9. The van der Waals surface area contributed by atoms with Crippen LogP contribution >= 0.6 is 11.3 Å². The summed E-state index contributed by atoms with van der Waals surface area (Å²) >= 11 is 1.80. The number of guanidine groups is 1. The normalized spacial score (nSPS) is 11.4. The van der Waals surface area contributed by atoms with Gasteiger partial charge in [-0.1, -0.05) is 36.4 Å². The molecule has 0 fully saturated rings. The van der Waals surface area contributed by atoms with Crippen LogP contribution in [0, 0.1) is 0 Å². The summed E-state index contributed by atoms with van der Waals surface area (Å²) in [5, 5.41) is 5.53. The molecule has 0 spiro atoms.